The number of carbonyl (C=O) groups is 1. The van der Waals surface area contributed by atoms with Gasteiger partial charge in [-0.1, -0.05) is 17.7 Å². The number of hydrogen-bond donors (Lipinski definition) is 3. The molecule has 5 nitrogen and oxygen atoms in total. The predicted molar refractivity (Wildman–Crippen MR) is 77.7 cm³/mol. The highest BCUT2D eigenvalue weighted by Gasteiger charge is 2.21. The van der Waals surface area contributed by atoms with Gasteiger partial charge in [0.05, 0.1) is 5.60 Å². The van der Waals surface area contributed by atoms with Crippen LogP contribution in [0.4, 0.5) is 10.5 Å². The van der Waals surface area contributed by atoms with Crippen LogP contribution in [0.15, 0.2) is 24.3 Å². The van der Waals surface area contributed by atoms with Crippen LogP contribution in [0.1, 0.15) is 6.92 Å². The third-order valence-corrected chi connectivity index (χ3v) is 2.60. The highest BCUT2D eigenvalue weighted by atomic mass is 35.5. The molecular formula is C13H20ClN3O2. The molecule has 3 N–H and O–H groups in total. The zero-order valence-corrected chi connectivity index (χ0v) is 12.2. The quantitative estimate of drug-likeness (QED) is 0.773. The Kier molecular flexibility index (Phi) is 5.60. The molecule has 1 aromatic rings. The summed E-state index contributed by atoms with van der Waals surface area (Å²) in [5, 5.41) is 15.9. The largest absolute Gasteiger partial charge is 0.387 e. The van der Waals surface area contributed by atoms with Crippen LogP contribution in [0.5, 0.6) is 0 Å². The summed E-state index contributed by atoms with van der Waals surface area (Å²) in [4.78, 5) is 13.5. The Balaban J connectivity index is 2.44. The van der Waals surface area contributed by atoms with Crippen molar-refractivity contribution in [1.29, 1.82) is 0 Å². The highest BCUT2D eigenvalue weighted by molar-refractivity contribution is 6.30. The van der Waals surface area contributed by atoms with Crippen LogP contribution in [0.3, 0.4) is 0 Å². The molecule has 0 fully saturated rings. The SMILES string of the molecule is CN(C)CC(C)(O)CNC(=O)Nc1cccc(Cl)c1. The number of benzene rings is 1. The number of nitrogens with one attached hydrogen (secondary N) is 2. The fourth-order valence-corrected chi connectivity index (χ4v) is 1.94. The first-order valence-electron chi connectivity index (χ1n) is 5.96. The normalized spacial score (nSPS) is 14.0. The summed E-state index contributed by atoms with van der Waals surface area (Å²) in [5.41, 5.74) is -0.368. The predicted octanol–water partition coefficient (Wildman–Crippen LogP) is 1.77. The molecule has 1 aromatic carbocycles. The molecule has 2 amide bonds. The van der Waals surface area contributed by atoms with Crippen molar-refractivity contribution in [3.63, 3.8) is 0 Å². The fraction of sp³-hybridized carbons (Fsp3) is 0.462. The van der Waals surface area contributed by atoms with Gasteiger partial charge in [0, 0.05) is 23.8 Å². The maximum Gasteiger partial charge on any atom is 0.319 e. The number of aliphatic hydroxyl groups is 1. The van der Waals surface area contributed by atoms with Crippen LogP contribution in [0, 0.1) is 0 Å². The van der Waals surface area contributed by atoms with Crippen LogP contribution in [0.25, 0.3) is 0 Å². The first kappa shape index (κ1) is 15.8. The van der Waals surface area contributed by atoms with Gasteiger partial charge in [-0.25, -0.2) is 4.79 Å². The van der Waals surface area contributed by atoms with Gasteiger partial charge in [-0.05, 0) is 39.2 Å². The lowest BCUT2D eigenvalue weighted by atomic mass is 10.1. The van der Waals surface area contributed by atoms with E-state index in [4.69, 9.17) is 11.6 Å². The van der Waals surface area contributed by atoms with Crippen LogP contribution in [-0.2, 0) is 0 Å². The molecule has 1 rings (SSSR count). The molecule has 1 atom stereocenters. The van der Waals surface area contributed by atoms with E-state index in [0.717, 1.165) is 0 Å². The number of nitrogens with zero attached hydrogens (tertiary/aromatic N) is 1. The average Bonchev–Trinajstić information content (AvgIpc) is 2.25. The van der Waals surface area contributed by atoms with Crippen molar-refractivity contribution in [1.82, 2.24) is 10.2 Å². The Morgan fingerprint density at radius 1 is 1.47 bits per heavy atom. The number of amides is 2. The van der Waals surface area contributed by atoms with Crippen LogP contribution in [-0.4, -0.2) is 48.8 Å². The van der Waals surface area contributed by atoms with E-state index < -0.39 is 5.60 Å². The Morgan fingerprint density at radius 3 is 2.74 bits per heavy atom. The molecule has 0 saturated carbocycles. The maximum absolute atomic E-state index is 11.7. The van der Waals surface area contributed by atoms with Gasteiger partial charge < -0.3 is 20.6 Å². The molecule has 0 aromatic heterocycles. The van der Waals surface area contributed by atoms with Gasteiger partial charge in [-0.15, -0.1) is 0 Å². The molecule has 0 radical (unpaired) electrons. The second kappa shape index (κ2) is 6.75. The second-order valence-electron chi connectivity index (χ2n) is 5.05. The Morgan fingerprint density at radius 2 is 2.16 bits per heavy atom. The molecule has 0 spiro atoms. The molecule has 0 bridgehead atoms. The van der Waals surface area contributed by atoms with Gasteiger partial charge in [0.1, 0.15) is 0 Å². The van der Waals surface area contributed by atoms with Gasteiger partial charge in [0.2, 0.25) is 0 Å². The Labute approximate surface area is 118 Å². The minimum absolute atomic E-state index is 0.164. The van der Waals surface area contributed by atoms with Crippen molar-refractivity contribution in [3.8, 4) is 0 Å². The van der Waals surface area contributed by atoms with Crippen molar-refractivity contribution in [2.75, 3.05) is 32.5 Å². The number of rotatable bonds is 5. The first-order chi connectivity index (χ1) is 8.78. The number of halogens is 1. The van der Waals surface area contributed by atoms with Gasteiger partial charge >= 0.3 is 6.03 Å². The first-order valence-corrected chi connectivity index (χ1v) is 6.34. The number of hydrogen-bond acceptors (Lipinski definition) is 3. The molecule has 19 heavy (non-hydrogen) atoms. The summed E-state index contributed by atoms with van der Waals surface area (Å²) < 4.78 is 0. The molecule has 6 heteroatoms. The molecule has 0 heterocycles. The molecule has 0 saturated heterocycles. The van der Waals surface area contributed by atoms with Crippen LogP contribution in [0.2, 0.25) is 5.02 Å². The molecule has 0 aliphatic heterocycles. The van der Waals surface area contributed by atoms with Crippen molar-refractivity contribution in [2.24, 2.45) is 0 Å². The van der Waals surface area contributed by atoms with E-state index in [-0.39, 0.29) is 12.6 Å². The summed E-state index contributed by atoms with van der Waals surface area (Å²) in [6.45, 7) is 2.30. The lowest BCUT2D eigenvalue weighted by Gasteiger charge is -2.27. The van der Waals surface area contributed by atoms with E-state index in [1.165, 1.54) is 0 Å². The van der Waals surface area contributed by atoms with Gasteiger partial charge in [-0.2, -0.15) is 0 Å². The zero-order chi connectivity index (χ0) is 14.5. The van der Waals surface area contributed by atoms with Gasteiger partial charge in [0.25, 0.3) is 0 Å². The smallest absolute Gasteiger partial charge is 0.319 e. The van der Waals surface area contributed by atoms with Crippen molar-refractivity contribution in [2.45, 2.75) is 12.5 Å². The number of urea groups is 1. The summed E-state index contributed by atoms with van der Waals surface area (Å²) >= 11 is 5.82. The van der Waals surface area contributed by atoms with E-state index in [0.29, 0.717) is 17.3 Å². The van der Waals surface area contributed by atoms with Crippen molar-refractivity contribution < 1.29 is 9.90 Å². The summed E-state index contributed by atoms with van der Waals surface area (Å²) in [6.07, 6.45) is 0. The molecule has 0 aliphatic rings. The summed E-state index contributed by atoms with van der Waals surface area (Å²) in [7, 11) is 3.72. The van der Waals surface area contributed by atoms with Crippen LogP contribution >= 0.6 is 11.6 Å². The van der Waals surface area contributed by atoms with Crippen LogP contribution < -0.4 is 10.6 Å². The zero-order valence-electron chi connectivity index (χ0n) is 11.4. The number of carbonyl (C=O) groups excluding carboxylic acids is 1. The third kappa shape index (κ3) is 6.42. The van der Waals surface area contributed by atoms with E-state index >= 15 is 0 Å². The number of anilines is 1. The lowest BCUT2D eigenvalue weighted by molar-refractivity contribution is 0.0364. The highest BCUT2D eigenvalue weighted by Crippen LogP contribution is 2.14. The topological polar surface area (TPSA) is 64.6 Å². The standard InChI is InChI=1S/C13H20ClN3O2/c1-13(19,9-17(2)3)8-15-12(18)16-11-6-4-5-10(14)7-11/h4-7,19H,8-9H2,1-3H3,(H2,15,16,18). The Bertz CT molecular complexity index is 436. The summed E-state index contributed by atoms with van der Waals surface area (Å²) in [6, 6.07) is 6.50. The average molecular weight is 286 g/mol. The van der Waals surface area contributed by atoms with Gasteiger partial charge in [0.15, 0.2) is 0 Å². The van der Waals surface area contributed by atoms with E-state index in [9.17, 15) is 9.90 Å². The Hall–Kier alpha value is -1.30. The second-order valence-corrected chi connectivity index (χ2v) is 5.49. The monoisotopic (exact) mass is 285 g/mol. The van der Waals surface area contributed by atoms with Crippen molar-refractivity contribution >= 4 is 23.3 Å². The maximum atomic E-state index is 11.7. The third-order valence-electron chi connectivity index (χ3n) is 2.37. The van der Waals surface area contributed by atoms with E-state index in [2.05, 4.69) is 10.6 Å². The summed E-state index contributed by atoms with van der Waals surface area (Å²) in [5.74, 6) is 0. The van der Waals surface area contributed by atoms with Gasteiger partial charge in [-0.3, -0.25) is 0 Å². The minimum atomic E-state index is -0.977. The fourth-order valence-electron chi connectivity index (χ4n) is 1.75. The lowest BCUT2D eigenvalue weighted by Crippen LogP contribution is -2.48. The molecule has 0 aliphatic carbocycles. The minimum Gasteiger partial charge on any atom is -0.387 e. The molecule has 1 unspecified atom stereocenters. The van der Waals surface area contributed by atoms with E-state index in [1.54, 1.807) is 31.2 Å². The van der Waals surface area contributed by atoms with Crippen molar-refractivity contribution in [3.05, 3.63) is 29.3 Å². The van der Waals surface area contributed by atoms with E-state index in [1.807, 2.05) is 19.0 Å². The molecular weight excluding hydrogens is 266 g/mol. The molecule has 106 valence electrons. The number of likely N-dealkylation sites (N-methyl/N-ethyl adjacent to an activating group) is 1.